The third-order valence-corrected chi connectivity index (χ3v) is 1.81. The van der Waals surface area contributed by atoms with E-state index < -0.39 is 5.82 Å². The molecular formula is C11H14FN3O. The maximum atomic E-state index is 13.2. The molecule has 0 saturated carbocycles. The summed E-state index contributed by atoms with van der Waals surface area (Å²) < 4.78 is 18.2. The van der Waals surface area contributed by atoms with Gasteiger partial charge in [-0.2, -0.15) is 0 Å². The number of ether oxygens (including phenoxy) is 1. The summed E-state index contributed by atoms with van der Waals surface area (Å²) in [5, 5.41) is 2.78. The monoisotopic (exact) mass is 223 g/mol. The van der Waals surface area contributed by atoms with Crippen LogP contribution in [0.1, 0.15) is 6.92 Å². The quantitative estimate of drug-likeness (QED) is 0.467. The van der Waals surface area contributed by atoms with Gasteiger partial charge in [-0.05, 0) is 6.92 Å². The van der Waals surface area contributed by atoms with Crippen LogP contribution in [-0.2, 0) is 0 Å². The molecule has 0 radical (unpaired) electrons. The van der Waals surface area contributed by atoms with Gasteiger partial charge >= 0.3 is 0 Å². The molecule has 16 heavy (non-hydrogen) atoms. The summed E-state index contributed by atoms with van der Waals surface area (Å²) in [5.74, 6) is -0.109. The van der Waals surface area contributed by atoms with Crippen molar-refractivity contribution in [2.45, 2.75) is 6.92 Å². The summed E-state index contributed by atoms with van der Waals surface area (Å²) in [7, 11) is 1.47. The number of allylic oxidation sites excluding steroid dienone is 1. The van der Waals surface area contributed by atoms with E-state index in [2.05, 4.69) is 16.9 Å². The van der Waals surface area contributed by atoms with E-state index in [9.17, 15) is 4.39 Å². The molecule has 0 aliphatic heterocycles. The van der Waals surface area contributed by atoms with Crippen molar-refractivity contribution < 1.29 is 9.13 Å². The summed E-state index contributed by atoms with van der Waals surface area (Å²) in [4.78, 5) is 4.00. The number of anilines is 1. The minimum Gasteiger partial charge on any atom is -0.494 e. The molecule has 0 heterocycles. The van der Waals surface area contributed by atoms with E-state index in [0.717, 1.165) is 5.70 Å². The van der Waals surface area contributed by atoms with Crippen LogP contribution in [-0.4, -0.2) is 13.4 Å². The number of hydrogen-bond donors (Lipinski definition) is 2. The second-order valence-electron chi connectivity index (χ2n) is 3.23. The zero-order chi connectivity index (χ0) is 12.1. The van der Waals surface area contributed by atoms with Gasteiger partial charge in [0, 0.05) is 17.8 Å². The predicted molar refractivity (Wildman–Crippen MR) is 63.5 cm³/mol. The second kappa shape index (κ2) is 5.16. The van der Waals surface area contributed by atoms with Crippen molar-refractivity contribution >= 4 is 17.7 Å². The number of nitrogens with zero attached hydrogens (tertiary/aromatic N) is 1. The lowest BCUT2D eigenvalue weighted by Crippen LogP contribution is -2.05. The summed E-state index contributed by atoms with van der Waals surface area (Å²) in [6.07, 6.45) is 1.41. The van der Waals surface area contributed by atoms with Crippen LogP contribution >= 0.6 is 0 Å². The average Bonchev–Trinajstić information content (AvgIpc) is 2.22. The largest absolute Gasteiger partial charge is 0.494 e. The Hall–Kier alpha value is -2.04. The molecule has 0 aromatic heterocycles. The van der Waals surface area contributed by atoms with Gasteiger partial charge in [0.1, 0.15) is 17.3 Å². The van der Waals surface area contributed by atoms with E-state index in [-0.39, 0.29) is 5.69 Å². The maximum absolute atomic E-state index is 13.2. The first-order valence-corrected chi connectivity index (χ1v) is 4.62. The minimum absolute atomic E-state index is 0.0312. The molecule has 0 unspecified atom stereocenters. The van der Waals surface area contributed by atoms with Crippen LogP contribution in [0.25, 0.3) is 0 Å². The Labute approximate surface area is 93.6 Å². The summed E-state index contributed by atoms with van der Waals surface area (Å²) in [5.41, 5.74) is 6.54. The fraction of sp³-hybridized carbons (Fsp3) is 0.182. The van der Waals surface area contributed by atoms with E-state index >= 15 is 0 Å². The number of rotatable bonds is 4. The second-order valence-corrected chi connectivity index (χ2v) is 3.23. The number of methoxy groups -OCH3 is 1. The molecule has 0 fully saturated rings. The molecule has 0 aliphatic rings. The number of aliphatic imine (C=N–C) groups is 1. The molecule has 5 heteroatoms. The number of nitrogen functional groups attached to an aromatic ring is 1. The topological polar surface area (TPSA) is 59.6 Å². The molecular weight excluding hydrogens is 209 g/mol. The molecule has 0 saturated heterocycles. The molecule has 0 bridgehead atoms. The Bertz CT molecular complexity index is 429. The molecule has 1 aromatic carbocycles. The Balaban J connectivity index is 2.98. The fourth-order valence-corrected chi connectivity index (χ4v) is 1.04. The van der Waals surface area contributed by atoms with Crippen molar-refractivity contribution in [3.63, 3.8) is 0 Å². The van der Waals surface area contributed by atoms with Crippen molar-refractivity contribution in [1.82, 2.24) is 5.32 Å². The Kier molecular flexibility index (Phi) is 3.88. The van der Waals surface area contributed by atoms with E-state index in [1.54, 1.807) is 6.92 Å². The van der Waals surface area contributed by atoms with Gasteiger partial charge in [-0.1, -0.05) is 6.58 Å². The highest BCUT2D eigenvalue weighted by Gasteiger charge is 2.06. The maximum Gasteiger partial charge on any atom is 0.148 e. The Morgan fingerprint density at radius 3 is 2.88 bits per heavy atom. The van der Waals surface area contributed by atoms with Crippen LogP contribution < -0.4 is 15.8 Å². The average molecular weight is 223 g/mol. The zero-order valence-electron chi connectivity index (χ0n) is 9.25. The first kappa shape index (κ1) is 12.0. The first-order chi connectivity index (χ1) is 7.54. The van der Waals surface area contributed by atoms with Gasteiger partial charge < -0.3 is 15.8 Å². The molecule has 0 atom stereocenters. The van der Waals surface area contributed by atoms with Gasteiger partial charge in [0.2, 0.25) is 0 Å². The number of benzene rings is 1. The van der Waals surface area contributed by atoms with Crippen molar-refractivity contribution in [1.29, 1.82) is 0 Å². The zero-order valence-corrected chi connectivity index (χ0v) is 9.25. The molecule has 0 aliphatic carbocycles. The van der Waals surface area contributed by atoms with Gasteiger partial charge in [0.15, 0.2) is 0 Å². The lowest BCUT2D eigenvalue weighted by atomic mass is 10.2. The number of hydrogen-bond acceptors (Lipinski definition) is 3. The van der Waals surface area contributed by atoms with E-state index in [4.69, 9.17) is 10.5 Å². The third kappa shape index (κ3) is 2.98. The first-order valence-electron chi connectivity index (χ1n) is 4.62. The highest BCUT2D eigenvalue weighted by Crippen LogP contribution is 2.31. The van der Waals surface area contributed by atoms with Gasteiger partial charge in [-0.3, -0.25) is 0 Å². The highest BCUT2D eigenvalue weighted by atomic mass is 19.1. The molecule has 4 nitrogen and oxygen atoms in total. The summed E-state index contributed by atoms with van der Waals surface area (Å²) in [6.45, 7) is 5.42. The van der Waals surface area contributed by atoms with Crippen LogP contribution in [0.3, 0.4) is 0 Å². The van der Waals surface area contributed by atoms with Crippen molar-refractivity contribution in [2.75, 3.05) is 12.8 Å². The molecule has 86 valence electrons. The van der Waals surface area contributed by atoms with E-state index in [1.807, 2.05) is 0 Å². The molecule has 0 amide bonds. The third-order valence-electron chi connectivity index (χ3n) is 1.81. The van der Waals surface area contributed by atoms with Crippen LogP contribution in [0.5, 0.6) is 5.75 Å². The standard InChI is InChI=1S/C11H14FN3O/c1-7(2)14-6-15-10-4-8(12)9(13)5-11(10)16-3/h4-6H,1,13H2,2-3H3,(H,14,15). The predicted octanol–water partition coefficient (Wildman–Crippen LogP) is 2.20. The number of halogens is 1. The Morgan fingerprint density at radius 1 is 1.62 bits per heavy atom. The van der Waals surface area contributed by atoms with Crippen LogP contribution in [0.15, 0.2) is 29.4 Å². The van der Waals surface area contributed by atoms with Crippen LogP contribution in [0.2, 0.25) is 0 Å². The number of nitrogens with one attached hydrogen (secondary N) is 1. The van der Waals surface area contributed by atoms with Crippen molar-refractivity contribution in [3.05, 3.63) is 30.2 Å². The van der Waals surface area contributed by atoms with Gasteiger partial charge in [0.05, 0.1) is 19.1 Å². The minimum atomic E-state index is -0.525. The van der Waals surface area contributed by atoms with Gasteiger partial charge in [0.25, 0.3) is 0 Å². The highest BCUT2D eigenvalue weighted by molar-refractivity contribution is 5.68. The smallest absolute Gasteiger partial charge is 0.148 e. The SMILES string of the molecule is C=C(C)NC=Nc1cc(F)c(N)cc1OC. The van der Waals surface area contributed by atoms with Gasteiger partial charge in [-0.25, -0.2) is 9.38 Å². The lowest BCUT2D eigenvalue weighted by molar-refractivity contribution is 0.415. The fourth-order valence-electron chi connectivity index (χ4n) is 1.04. The molecule has 1 rings (SSSR count). The van der Waals surface area contributed by atoms with Crippen LogP contribution in [0, 0.1) is 5.82 Å². The van der Waals surface area contributed by atoms with Crippen LogP contribution in [0.4, 0.5) is 15.8 Å². The van der Waals surface area contributed by atoms with E-state index in [0.29, 0.717) is 11.4 Å². The number of nitrogens with two attached hydrogens (primary N) is 1. The molecule has 1 aromatic rings. The van der Waals surface area contributed by atoms with Crippen molar-refractivity contribution in [2.24, 2.45) is 4.99 Å². The molecule has 0 spiro atoms. The Morgan fingerprint density at radius 2 is 2.31 bits per heavy atom. The van der Waals surface area contributed by atoms with Gasteiger partial charge in [-0.15, -0.1) is 0 Å². The van der Waals surface area contributed by atoms with E-state index in [1.165, 1.54) is 25.6 Å². The normalized spacial score (nSPS) is 10.4. The summed E-state index contributed by atoms with van der Waals surface area (Å²) in [6, 6.07) is 2.60. The lowest BCUT2D eigenvalue weighted by Gasteiger charge is -2.06. The summed E-state index contributed by atoms with van der Waals surface area (Å²) >= 11 is 0. The molecule has 3 N–H and O–H groups in total. The van der Waals surface area contributed by atoms with Crippen molar-refractivity contribution in [3.8, 4) is 5.75 Å².